The van der Waals surface area contributed by atoms with Gasteiger partial charge in [0.15, 0.2) is 31.5 Å². The fourth-order valence-electron chi connectivity index (χ4n) is 16.7. The Morgan fingerprint density at radius 2 is 1.11 bits per heavy atom. The molecule has 32 atom stereocenters. The van der Waals surface area contributed by atoms with Crippen LogP contribution in [0, 0.1) is 45.3 Å². The molecule has 16 N–H and O–H groups in total. The number of ether oxygens (including phenoxy) is 10. The van der Waals surface area contributed by atoms with Crippen molar-refractivity contribution in [1.82, 2.24) is 0 Å². The molecule has 9 rings (SSSR count). The van der Waals surface area contributed by atoms with Gasteiger partial charge < -0.3 is 129 Å². The van der Waals surface area contributed by atoms with E-state index in [0.29, 0.717) is 25.2 Å². The minimum absolute atomic E-state index is 0.0271. The molecule has 0 radical (unpaired) electrons. The van der Waals surface area contributed by atoms with E-state index in [9.17, 15) is 81.7 Å². The van der Waals surface area contributed by atoms with Crippen molar-refractivity contribution >= 4 is 0 Å². The number of fused-ring (bicyclic) bond motifs is 5. The Morgan fingerprint density at radius 1 is 0.576 bits per heavy atom. The monoisotopic (exact) mass is 1220 g/mol. The third-order valence-electron chi connectivity index (χ3n) is 22.2. The molecule has 0 aromatic heterocycles. The molecule has 85 heavy (non-hydrogen) atoms. The van der Waals surface area contributed by atoms with Crippen molar-refractivity contribution in [2.45, 2.75) is 279 Å². The lowest BCUT2D eigenvalue weighted by atomic mass is 9.39. The second-order valence-corrected chi connectivity index (χ2v) is 28.1. The first-order valence-corrected chi connectivity index (χ1v) is 30.7. The van der Waals surface area contributed by atoms with Crippen LogP contribution in [0.2, 0.25) is 0 Å². The summed E-state index contributed by atoms with van der Waals surface area (Å²) in [6, 6.07) is 0. The van der Waals surface area contributed by atoms with Gasteiger partial charge in [0.2, 0.25) is 0 Å². The maximum atomic E-state index is 11.8. The van der Waals surface area contributed by atoms with Gasteiger partial charge in [0.25, 0.3) is 0 Å². The van der Waals surface area contributed by atoms with Gasteiger partial charge in [-0.2, -0.15) is 0 Å². The number of allylic oxidation sites excluding steroid dienone is 1. The van der Waals surface area contributed by atoms with Gasteiger partial charge in [-0.15, -0.1) is 0 Å². The number of hydrogen-bond acceptors (Lipinski definition) is 26. The molecule has 5 heterocycles. The highest BCUT2D eigenvalue weighted by Crippen LogP contribution is 2.75. The molecule has 8 fully saturated rings. The van der Waals surface area contributed by atoms with E-state index >= 15 is 0 Å². The first kappa shape index (κ1) is 68.1. The fraction of sp³-hybridized carbons (Fsp3) is 0.966. The standard InChI is InChI=1S/C59H100O26/c1-25(9-13-37(56(4,5)75)84-54-49(85-53-48(74)43(69)39(65)32(21-61)80-53)45(71)41(67)34(82-54)23-77-50-30(63)19-26(62)22-76-50)27-15-16-59(8)35-12-10-28-29(57(35,6)17-18-58(27,59)7)11-14-36(55(28,2)3)83-52-47(73)44(70)40(66)33(81-52)24-78-51-46(72)42(68)38(64)31(20-60)79-51/h10,25-27,29-54,60-75H,9,11-24H2,1-8H3/t25-,26+,27?,29?,30-,31-,32+,33-,34-,35?,36+,37-,38-,39+,40-,41-,42+,43-,44+,45+,46-,47-,48+,49-,50?,51-,52+,53-,54+,57+,58-,59+/m1/s1. The third-order valence-corrected chi connectivity index (χ3v) is 22.2. The Labute approximate surface area is 496 Å². The zero-order valence-corrected chi connectivity index (χ0v) is 50.2. The summed E-state index contributed by atoms with van der Waals surface area (Å²) in [5.74, 6) is 0.958. The minimum Gasteiger partial charge on any atom is -0.394 e. The SMILES string of the molecule is C[C@H](CC[C@@H](O[C@@H]1O[C@H](COC2OC[C@@H](O)C[C@H]2O)[C@@H](O)[C@H](O)[C@H]1O[C@H]1O[C@@H](CO)[C@H](O)[C@@H](O)[C@@H]1O)C(C)(C)O)C1CC[C@@]2(C)C3CC=C4C(CC[C@H](O[C@@H]5O[C@H](CO[C@@H]6O[C@H](CO)[C@@H](O)[C@H](O)[C@H]6O)[C@@H](O)[C@H](O)[C@H]5O)C4(C)C)[C@]3(C)CC[C@]12C. The van der Waals surface area contributed by atoms with Crippen LogP contribution in [-0.4, -0.2) is 274 Å². The number of aliphatic hydroxyl groups is 16. The van der Waals surface area contributed by atoms with Crippen molar-refractivity contribution in [3.8, 4) is 0 Å². The molecule has 9 aliphatic rings. The Hall–Kier alpha value is -1.30. The molecule has 0 bridgehead atoms. The lowest BCUT2D eigenvalue weighted by molar-refractivity contribution is -0.378. The van der Waals surface area contributed by atoms with Crippen LogP contribution >= 0.6 is 0 Å². The molecule has 4 unspecified atom stereocenters. The van der Waals surface area contributed by atoms with Gasteiger partial charge in [0.05, 0.1) is 56.9 Å². The van der Waals surface area contributed by atoms with Gasteiger partial charge in [0.1, 0.15) is 104 Å². The summed E-state index contributed by atoms with van der Waals surface area (Å²) >= 11 is 0. The van der Waals surface area contributed by atoms with E-state index in [1.54, 1.807) is 13.8 Å². The van der Waals surface area contributed by atoms with Crippen LogP contribution in [-0.2, 0) is 47.4 Å². The molecule has 26 nitrogen and oxygen atoms in total. The molecule has 5 aliphatic heterocycles. The van der Waals surface area contributed by atoms with E-state index < -0.39 is 191 Å². The zero-order valence-electron chi connectivity index (χ0n) is 50.2. The molecule has 492 valence electrons. The fourth-order valence-corrected chi connectivity index (χ4v) is 16.7. The lowest BCUT2D eigenvalue weighted by Crippen LogP contribution is -2.65. The molecule has 5 saturated heterocycles. The lowest BCUT2D eigenvalue weighted by Gasteiger charge is -2.66. The predicted octanol–water partition coefficient (Wildman–Crippen LogP) is -2.71. The molecular formula is C59H100O26. The maximum absolute atomic E-state index is 11.8. The van der Waals surface area contributed by atoms with Crippen molar-refractivity contribution in [3.63, 3.8) is 0 Å². The molecule has 3 saturated carbocycles. The quantitative estimate of drug-likeness (QED) is 0.0585. The van der Waals surface area contributed by atoms with Gasteiger partial charge in [-0.05, 0) is 112 Å². The number of rotatable bonds is 19. The molecule has 0 aromatic carbocycles. The van der Waals surface area contributed by atoms with Crippen molar-refractivity contribution in [2.75, 3.05) is 33.0 Å². The molecule has 26 heteroatoms. The van der Waals surface area contributed by atoms with E-state index in [2.05, 4.69) is 47.6 Å². The topological polar surface area (TPSA) is 416 Å². The van der Waals surface area contributed by atoms with E-state index in [-0.39, 0.29) is 47.0 Å². The highest BCUT2D eigenvalue weighted by molar-refractivity contribution is 5.30. The highest BCUT2D eigenvalue weighted by Gasteiger charge is 2.68. The van der Waals surface area contributed by atoms with Gasteiger partial charge in [-0.1, -0.05) is 53.2 Å². The van der Waals surface area contributed by atoms with Crippen LogP contribution in [0.5, 0.6) is 0 Å². The van der Waals surface area contributed by atoms with Crippen LogP contribution < -0.4 is 0 Å². The molecule has 4 aliphatic carbocycles. The average molecular weight is 1230 g/mol. The summed E-state index contributed by atoms with van der Waals surface area (Å²) in [7, 11) is 0. The van der Waals surface area contributed by atoms with Gasteiger partial charge in [-0.3, -0.25) is 0 Å². The smallest absolute Gasteiger partial charge is 0.187 e. The molecular weight excluding hydrogens is 1120 g/mol. The van der Waals surface area contributed by atoms with Crippen molar-refractivity contribution in [2.24, 2.45) is 45.3 Å². The Bertz CT molecular complexity index is 2220. The van der Waals surface area contributed by atoms with Crippen LogP contribution in [0.3, 0.4) is 0 Å². The second-order valence-electron chi connectivity index (χ2n) is 28.1. The largest absolute Gasteiger partial charge is 0.394 e. The van der Waals surface area contributed by atoms with Crippen molar-refractivity contribution in [3.05, 3.63) is 11.6 Å². The van der Waals surface area contributed by atoms with Crippen molar-refractivity contribution in [1.29, 1.82) is 0 Å². The summed E-state index contributed by atoms with van der Waals surface area (Å²) in [5.41, 5.74) is -1.02. The van der Waals surface area contributed by atoms with E-state index in [1.807, 2.05) is 0 Å². The van der Waals surface area contributed by atoms with Crippen molar-refractivity contribution < 1.29 is 129 Å². The summed E-state index contributed by atoms with van der Waals surface area (Å²) in [4.78, 5) is 0. The summed E-state index contributed by atoms with van der Waals surface area (Å²) in [5, 5.41) is 171. The van der Waals surface area contributed by atoms with Gasteiger partial charge >= 0.3 is 0 Å². The van der Waals surface area contributed by atoms with Crippen LogP contribution in [0.4, 0.5) is 0 Å². The minimum atomic E-state index is -1.88. The Kier molecular flexibility index (Phi) is 21.1. The van der Waals surface area contributed by atoms with E-state index in [0.717, 1.165) is 38.5 Å². The molecule has 0 spiro atoms. The Morgan fingerprint density at radius 3 is 1.69 bits per heavy atom. The van der Waals surface area contributed by atoms with E-state index in [1.165, 1.54) is 5.57 Å². The summed E-state index contributed by atoms with van der Waals surface area (Å²) in [6.45, 7) is 14.5. The zero-order chi connectivity index (χ0) is 62.2. The molecule has 0 amide bonds. The number of aliphatic hydroxyl groups excluding tert-OH is 15. The van der Waals surface area contributed by atoms with Crippen LogP contribution in [0.1, 0.15) is 120 Å². The van der Waals surface area contributed by atoms with E-state index in [4.69, 9.17) is 47.4 Å². The van der Waals surface area contributed by atoms with Crippen LogP contribution in [0.15, 0.2) is 11.6 Å². The predicted molar refractivity (Wildman–Crippen MR) is 291 cm³/mol. The Balaban J connectivity index is 0.864. The summed E-state index contributed by atoms with van der Waals surface area (Å²) in [6.07, 6.45) is -27.3. The second kappa shape index (κ2) is 26.4. The number of hydrogen-bond donors (Lipinski definition) is 16. The van der Waals surface area contributed by atoms with Gasteiger partial charge in [0, 0.05) is 11.8 Å². The third kappa shape index (κ3) is 12.9. The van der Waals surface area contributed by atoms with Gasteiger partial charge in [-0.25, -0.2) is 0 Å². The molecule has 0 aromatic rings. The maximum Gasteiger partial charge on any atom is 0.187 e. The summed E-state index contributed by atoms with van der Waals surface area (Å²) < 4.78 is 59.7. The first-order chi connectivity index (χ1) is 39.8. The van der Waals surface area contributed by atoms with Crippen LogP contribution in [0.25, 0.3) is 0 Å². The highest BCUT2D eigenvalue weighted by atomic mass is 16.8. The first-order valence-electron chi connectivity index (χ1n) is 30.7. The average Bonchev–Trinajstić information content (AvgIpc) is 1.73. The normalized spacial score (nSPS) is 51.0.